The Bertz CT molecular complexity index is 559. The van der Waals surface area contributed by atoms with Crippen LogP contribution >= 0.6 is 0 Å². The molecule has 2 aromatic heterocycles. The maximum absolute atomic E-state index is 10.8. The van der Waals surface area contributed by atoms with Crippen molar-refractivity contribution in [3.05, 3.63) is 41.3 Å². The number of hydrogen-bond donors (Lipinski definition) is 1. The summed E-state index contributed by atoms with van der Waals surface area (Å²) in [6.45, 7) is 3.58. The zero-order valence-corrected chi connectivity index (χ0v) is 10.2. The van der Waals surface area contributed by atoms with Crippen molar-refractivity contribution in [3.63, 3.8) is 0 Å². The quantitative estimate of drug-likeness (QED) is 0.889. The van der Waals surface area contributed by atoms with Gasteiger partial charge in [0.25, 0.3) is 0 Å². The van der Waals surface area contributed by atoms with Crippen LogP contribution in [-0.2, 0) is 11.2 Å². The molecular formula is C13H13N3O2. The molecule has 2 rings (SSSR count). The van der Waals surface area contributed by atoms with Gasteiger partial charge in [0.15, 0.2) is 5.82 Å². The van der Waals surface area contributed by atoms with Gasteiger partial charge in [-0.25, -0.2) is 9.97 Å². The number of pyridine rings is 1. The van der Waals surface area contributed by atoms with E-state index in [1.54, 1.807) is 20.0 Å². The lowest BCUT2D eigenvalue weighted by Crippen LogP contribution is -2.08. The molecule has 0 saturated heterocycles. The predicted molar refractivity (Wildman–Crippen MR) is 66.1 cm³/mol. The molecule has 5 heteroatoms. The minimum absolute atomic E-state index is 0.0554. The summed E-state index contributed by atoms with van der Waals surface area (Å²) in [6.07, 6.45) is 1.62. The van der Waals surface area contributed by atoms with Gasteiger partial charge in [0.05, 0.1) is 6.42 Å². The van der Waals surface area contributed by atoms with E-state index in [-0.39, 0.29) is 6.42 Å². The molecule has 0 aliphatic rings. The van der Waals surface area contributed by atoms with E-state index in [4.69, 9.17) is 5.11 Å². The van der Waals surface area contributed by atoms with Gasteiger partial charge in [0.2, 0.25) is 0 Å². The first-order valence-electron chi connectivity index (χ1n) is 5.55. The van der Waals surface area contributed by atoms with E-state index in [9.17, 15) is 4.79 Å². The van der Waals surface area contributed by atoms with E-state index < -0.39 is 5.97 Å². The molecule has 2 heterocycles. The molecule has 0 aromatic carbocycles. The SMILES string of the molecule is Cc1nc(-c2ccccn2)nc(C)c1CC(=O)O. The lowest BCUT2D eigenvalue weighted by Gasteiger charge is -2.08. The molecule has 0 bridgehead atoms. The molecule has 1 N–H and O–H groups in total. The molecule has 0 unspecified atom stereocenters. The first-order chi connectivity index (χ1) is 8.58. The Kier molecular flexibility index (Phi) is 3.32. The summed E-state index contributed by atoms with van der Waals surface area (Å²) in [7, 11) is 0. The molecule has 0 atom stereocenters. The van der Waals surface area contributed by atoms with Crippen LogP contribution in [0.15, 0.2) is 24.4 Å². The van der Waals surface area contributed by atoms with Crippen molar-refractivity contribution in [2.24, 2.45) is 0 Å². The molecule has 0 aliphatic carbocycles. The highest BCUT2D eigenvalue weighted by molar-refractivity contribution is 5.71. The second-order valence-corrected chi connectivity index (χ2v) is 3.98. The van der Waals surface area contributed by atoms with Crippen molar-refractivity contribution in [1.29, 1.82) is 0 Å². The molecule has 92 valence electrons. The van der Waals surface area contributed by atoms with Crippen LogP contribution in [0.2, 0.25) is 0 Å². The molecule has 0 saturated carbocycles. The highest BCUT2D eigenvalue weighted by atomic mass is 16.4. The molecule has 18 heavy (non-hydrogen) atoms. The maximum atomic E-state index is 10.8. The normalized spacial score (nSPS) is 10.3. The maximum Gasteiger partial charge on any atom is 0.307 e. The average Bonchev–Trinajstić information content (AvgIpc) is 2.34. The Morgan fingerprint density at radius 2 is 1.89 bits per heavy atom. The number of aryl methyl sites for hydroxylation is 2. The van der Waals surface area contributed by atoms with E-state index >= 15 is 0 Å². The van der Waals surface area contributed by atoms with Gasteiger partial charge in [0, 0.05) is 23.1 Å². The van der Waals surface area contributed by atoms with Crippen molar-refractivity contribution in [1.82, 2.24) is 15.0 Å². The summed E-state index contributed by atoms with van der Waals surface area (Å²) in [5, 5.41) is 8.83. The Morgan fingerprint density at radius 1 is 1.22 bits per heavy atom. The molecule has 0 radical (unpaired) electrons. The fraction of sp³-hybridized carbons (Fsp3) is 0.231. The number of aliphatic carboxylic acids is 1. The first kappa shape index (κ1) is 12.2. The molecule has 2 aromatic rings. The van der Waals surface area contributed by atoms with Gasteiger partial charge in [0.1, 0.15) is 5.69 Å². The number of carboxylic acids is 1. The summed E-state index contributed by atoms with van der Waals surface area (Å²) in [5.74, 6) is -0.352. The van der Waals surface area contributed by atoms with Crippen LogP contribution in [0.1, 0.15) is 17.0 Å². The summed E-state index contributed by atoms with van der Waals surface area (Å²) in [5.41, 5.74) is 2.73. The summed E-state index contributed by atoms with van der Waals surface area (Å²) in [4.78, 5) is 23.6. The third-order valence-corrected chi connectivity index (χ3v) is 2.64. The Balaban J connectivity index is 2.46. The zero-order valence-electron chi connectivity index (χ0n) is 10.2. The van der Waals surface area contributed by atoms with E-state index in [2.05, 4.69) is 15.0 Å². The predicted octanol–water partition coefficient (Wildman–Crippen LogP) is 1.78. The van der Waals surface area contributed by atoms with Crippen LogP contribution in [-0.4, -0.2) is 26.0 Å². The Morgan fingerprint density at radius 3 is 2.39 bits per heavy atom. The van der Waals surface area contributed by atoms with Crippen molar-refractivity contribution >= 4 is 5.97 Å². The monoisotopic (exact) mass is 243 g/mol. The third kappa shape index (κ3) is 2.51. The van der Waals surface area contributed by atoms with Crippen LogP contribution in [0.5, 0.6) is 0 Å². The number of aromatic nitrogens is 3. The number of rotatable bonds is 3. The molecule has 0 aliphatic heterocycles. The smallest absolute Gasteiger partial charge is 0.307 e. The van der Waals surface area contributed by atoms with Gasteiger partial charge in [-0.15, -0.1) is 0 Å². The van der Waals surface area contributed by atoms with Crippen LogP contribution in [0.3, 0.4) is 0 Å². The molecule has 5 nitrogen and oxygen atoms in total. The number of hydrogen-bond acceptors (Lipinski definition) is 4. The molecule has 0 fully saturated rings. The third-order valence-electron chi connectivity index (χ3n) is 2.64. The van der Waals surface area contributed by atoms with Crippen LogP contribution in [0.4, 0.5) is 0 Å². The molecule has 0 amide bonds. The number of carbonyl (C=O) groups is 1. The van der Waals surface area contributed by atoms with E-state index in [1.165, 1.54) is 0 Å². The van der Waals surface area contributed by atoms with Gasteiger partial charge in [-0.05, 0) is 26.0 Å². The van der Waals surface area contributed by atoms with Gasteiger partial charge in [-0.3, -0.25) is 9.78 Å². The number of nitrogens with zero attached hydrogens (tertiary/aromatic N) is 3. The topological polar surface area (TPSA) is 76.0 Å². The fourth-order valence-corrected chi connectivity index (χ4v) is 1.76. The van der Waals surface area contributed by atoms with Crippen molar-refractivity contribution < 1.29 is 9.90 Å². The van der Waals surface area contributed by atoms with Crippen LogP contribution in [0.25, 0.3) is 11.5 Å². The van der Waals surface area contributed by atoms with Crippen molar-refractivity contribution in [2.45, 2.75) is 20.3 Å². The fourth-order valence-electron chi connectivity index (χ4n) is 1.76. The summed E-state index contributed by atoms with van der Waals surface area (Å²) >= 11 is 0. The average molecular weight is 243 g/mol. The highest BCUT2D eigenvalue weighted by Crippen LogP contribution is 2.17. The second kappa shape index (κ2) is 4.91. The standard InChI is InChI=1S/C13H13N3O2/c1-8-10(7-12(17)18)9(2)16-13(15-8)11-5-3-4-6-14-11/h3-6H,7H2,1-2H3,(H,17,18). The largest absolute Gasteiger partial charge is 0.481 e. The number of carboxylic acid groups (broad SMARTS) is 1. The van der Waals surface area contributed by atoms with Gasteiger partial charge >= 0.3 is 5.97 Å². The minimum atomic E-state index is -0.879. The molecular weight excluding hydrogens is 230 g/mol. The zero-order chi connectivity index (χ0) is 13.1. The lowest BCUT2D eigenvalue weighted by molar-refractivity contribution is -0.136. The van der Waals surface area contributed by atoms with E-state index in [1.807, 2.05) is 18.2 Å². The molecule has 0 spiro atoms. The van der Waals surface area contributed by atoms with Crippen molar-refractivity contribution in [3.8, 4) is 11.5 Å². The first-order valence-corrected chi connectivity index (χ1v) is 5.55. The summed E-state index contributed by atoms with van der Waals surface area (Å²) < 4.78 is 0. The Labute approximate surface area is 105 Å². The lowest BCUT2D eigenvalue weighted by atomic mass is 10.1. The van der Waals surface area contributed by atoms with E-state index in [0.29, 0.717) is 28.5 Å². The van der Waals surface area contributed by atoms with Crippen molar-refractivity contribution in [2.75, 3.05) is 0 Å². The van der Waals surface area contributed by atoms with Gasteiger partial charge in [-0.2, -0.15) is 0 Å². The second-order valence-electron chi connectivity index (χ2n) is 3.98. The summed E-state index contributed by atoms with van der Waals surface area (Å²) in [6, 6.07) is 5.51. The van der Waals surface area contributed by atoms with Gasteiger partial charge in [-0.1, -0.05) is 6.07 Å². The Hall–Kier alpha value is -2.30. The van der Waals surface area contributed by atoms with Crippen LogP contribution < -0.4 is 0 Å². The minimum Gasteiger partial charge on any atom is -0.481 e. The van der Waals surface area contributed by atoms with E-state index in [0.717, 1.165) is 0 Å². The van der Waals surface area contributed by atoms with Crippen LogP contribution in [0, 0.1) is 13.8 Å². The van der Waals surface area contributed by atoms with Gasteiger partial charge < -0.3 is 5.11 Å². The highest BCUT2D eigenvalue weighted by Gasteiger charge is 2.12.